The summed E-state index contributed by atoms with van der Waals surface area (Å²) in [7, 11) is 0. The van der Waals surface area contributed by atoms with Crippen LogP contribution < -0.4 is 4.74 Å². The predicted molar refractivity (Wildman–Crippen MR) is 74.4 cm³/mol. The van der Waals surface area contributed by atoms with E-state index in [1.54, 1.807) is 13.8 Å². The lowest BCUT2D eigenvalue weighted by Gasteiger charge is -2.16. The summed E-state index contributed by atoms with van der Waals surface area (Å²) in [6.07, 6.45) is -0.661. The van der Waals surface area contributed by atoms with Crippen LogP contribution >= 0.6 is 0 Å². The Labute approximate surface area is 122 Å². The van der Waals surface area contributed by atoms with Gasteiger partial charge in [-0.3, -0.25) is 14.9 Å². The van der Waals surface area contributed by atoms with Gasteiger partial charge in [0, 0.05) is 0 Å². The Balaban J connectivity index is 3.18. The average Bonchev–Trinajstić information content (AvgIpc) is 2.44. The van der Waals surface area contributed by atoms with E-state index < -0.39 is 28.5 Å². The van der Waals surface area contributed by atoms with Gasteiger partial charge in [0.05, 0.1) is 17.1 Å². The molecule has 7 nitrogen and oxygen atoms in total. The average molecular weight is 295 g/mol. The SMILES string of the molecule is CCOC(=O)C(CC)Oc1cccc(C(C)=O)c1[N+](=O)[O-]. The van der Waals surface area contributed by atoms with Gasteiger partial charge in [0.2, 0.25) is 0 Å². The number of para-hydroxylation sites is 1. The van der Waals surface area contributed by atoms with Crippen molar-refractivity contribution in [2.45, 2.75) is 33.3 Å². The molecule has 0 fully saturated rings. The zero-order valence-electron chi connectivity index (χ0n) is 12.1. The molecule has 0 aliphatic carbocycles. The number of hydrogen-bond acceptors (Lipinski definition) is 6. The van der Waals surface area contributed by atoms with Crippen LogP contribution in [0.5, 0.6) is 5.75 Å². The molecule has 1 atom stereocenters. The lowest BCUT2D eigenvalue weighted by Crippen LogP contribution is -2.29. The second-order valence-electron chi connectivity index (χ2n) is 4.23. The van der Waals surface area contributed by atoms with Crippen molar-refractivity contribution in [3.05, 3.63) is 33.9 Å². The van der Waals surface area contributed by atoms with Gasteiger partial charge in [0.1, 0.15) is 0 Å². The van der Waals surface area contributed by atoms with E-state index in [9.17, 15) is 19.7 Å². The van der Waals surface area contributed by atoms with E-state index >= 15 is 0 Å². The summed E-state index contributed by atoms with van der Waals surface area (Å²) in [5.74, 6) is -1.16. The first kappa shape index (κ1) is 16.6. The van der Waals surface area contributed by atoms with Gasteiger partial charge in [-0.1, -0.05) is 13.0 Å². The van der Waals surface area contributed by atoms with Crippen LogP contribution in [0.3, 0.4) is 0 Å². The minimum atomic E-state index is -0.953. The summed E-state index contributed by atoms with van der Waals surface area (Å²) in [5.41, 5.74) is -0.496. The molecule has 0 aromatic heterocycles. The van der Waals surface area contributed by atoms with Gasteiger partial charge in [-0.25, -0.2) is 4.79 Å². The number of nitrogens with zero attached hydrogens (tertiary/aromatic N) is 1. The highest BCUT2D eigenvalue weighted by atomic mass is 16.6. The van der Waals surface area contributed by atoms with E-state index in [0.29, 0.717) is 6.42 Å². The molecule has 0 spiro atoms. The molecule has 0 aliphatic rings. The van der Waals surface area contributed by atoms with Crippen LogP contribution in [-0.4, -0.2) is 29.4 Å². The maximum absolute atomic E-state index is 11.7. The van der Waals surface area contributed by atoms with Crippen LogP contribution in [0.2, 0.25) is 0 Å². The van der Waals surface area contributed by atoms with E-state index in [1.165, 1.54) is 25.1 Å². The number of Topliss-reactive ketones (excluding diaryl/α,β-unsaturated/α-hetero) is 1. The Bertz CT molecular complexity index is 554. The van der Waals surface area contributed by atoms with Crippen molar-refractivity contribution < 1.29 is 24.0 Å². The fourth-order valence-electron chi connectivity index (χ4n) is 1.78. The van der Waals surface area contributed by atoms with Crippen molar-refractivity contribution in [3.63, 3.8) is 0 Å². The highest BCUT2D eigenvalue weighted by Gasteiger charge is 2.28. The quantitative estimate of drug-likeness (QED) is 0.332. The van der Waals surface area contributed by atoms with Gasteiger partial charge in [0.25, 0.3) is 0 Å². The van der Waals surface area contributed by atoms with E-state index in [-0.39, 0.29) is 17.9 Å². The first-order valence-corrected chi connectivity index (χ1v) is 6.53. The highest BCUT2D eigenvalue weighted by Crippen LogP contribution is 2.32. The fraction of sp³-hybridized carbons (Fsp3) is 0.429. The highest BCUT2D eigenvalue weighted by molar-refractivity contribution is 5.99. The molecule has 1 aromatic rings. The maximum atomic E-state index is 11.7. The minimum Gasteiger partial charge on any atom is -0.472 e. The van der Waals surface area contributed by atoms with Gasteiger partial charge in [-0.15, -0.1) is 0 Å². The molecule has 0 amide bonds. The molecule has 1 rings (SSSR count). The number of hydrogen-bond donors (Lipinski definition) is 0. The van der Waals surface area contributed by atoms with Gasteiger partial charge in [0.15, 0.2) is 17.6 Å². The lowest BCUT2D eigenvalue weighted by atomic mass is 10.1. The molecule has 7 heteroatoms. The van der Waals surface area contributed by atoms with E-state index in [1.807, 2.05) is 0 Å². The summed E-state index contributed by atoms with van der Waals surface area (Å²) in [5, 5.41) is 11.2. The van der Waals surface area contributed by atoms with Gasteiger partial charge in [-0.2, -0.15) is 0 Å². The Hall–Kier alpha value is -2.44. The largest absolute Gasteiger partial charge is 0.472 e. The Kier molecular flexibility index (Phi) is 5.83. The summed E-state index contributed by atoms with van der Waals surface area (Å²) < 4.78 is 10.2. The van der Waals surface area contributed by atoms with Crippen LogP contribution in [-0.2, 0) is 9.53 Å². The van der Waals surface area contributed by atoms with E-state index in [0.717, 1.165) is 0 Å². The number of ether oxygens (including phenoxy) is 2. The number of esters is 1. The standard InChI is InChI=1S/C14H17NO6/c1-4-11(14(17)20-5-2)21-12-8-6-7-10(9(3)16)13(12)15(18)19/h6-8,11H,4-5H2,1-3H3. The monoisotopic (exact) mass is 295 g/mol. The van der Waals surface area contributed by atoms with Crippen molar-refractivity contribution in [3.8, 4) is 5.75 Å². The molecule has 0 heterocycles. The molecule has 114 valence electrons. The normalized spacial score (nSPS) is 11.6. The number of carbonyl (C=O) groups is 2. The second-order valence-corrected chi connectivity index (χ2v) is 4.23. The van der Waals surface area contributed by atoms with Crippen molar-refractivity contribution in [1.82, 2.24) is 0 Å². The lowest BCUT2D eigenvalue weighted by molar-refractivity contribution is -0.386. The smallest absolute Gasteiger partial charge is 0.347 e. The molecule has 21 heavy (non-hydrogen) atoms. The first-order valence-electron chi connectivity index (χ1n) is 6.53. The van der Waals surface area contributed by atoms with Crippen molar-refractivity contribution in [2.24, 2.45) is 0 Å². The Morgan fingerprint density at radius 3 is 2.48 bits per heavy atom. The van der Waals surface area contributed by atoms with E-state index in [4.69, 9.17) is 9.47 Å². The second kappa shape index (κ2) is 7.37. The molecule has 1 unspecified atom stereocenters. The van der Waals surface area contributed by atoms with Crippen LogP contribution in [0.4, 0.5) is 5.69 Å². The van der Waals surface area contributed by atoms with Crippen molar-refractivity contribution in [1.29, 1.82) is 0 Å². The third-order valence-corrected chi connectivity index (χ3v) is 2.75. The molecule has 0 N–H and O–H groups in total. The predicted octanol–water partition coefficient (Wildman–Crippen LogP) is 2.52. The van der Waals surface area contributed by atoms with Gasteiger partial charge < -0.3 is 9.47 Å². The van der Waals surface area contributed by atoms with Crippen LogP contribution in [0, 0.1) is 10.1 Å². The number of benzene rings is 1. The Morgan fingerprint density at radius 2 is 2.00 bits per heavy atom. The zero-order valence-corrected chi connectivity index (χ0v) is 12.1. The molecule has 0 radical (unpaired) electrons. The summed E-state index contributed by atoms with van der Waals surface area (Å²) in [6, 6.07) is 4.17. The van der Waals surface area contributed by atoms with Gasteiger partial charge >= 0.3 is 11.7 Å². The minimum absolute atomic E-state index is 0.0591. The maximum Gasteiger partial charge on any atom is 0.347 e. The molecule has 0 saturated heterocycles. The number of nitro benzene ring substituents is 1. The summed E-state index contributed by atoms with van der Waals surface area (Å²) >= 11 is 0. The Morgan fingerprint density at radius 1 is 1.33 bits per heavy atom. The molecular formula is C14H17NO6. The van der Waals surface area contributed by atoms with Crippen molar-refractivity contribution in [2.75, 3.05) is 6.61 Å². The van der Waals surface area contributed by atoms with Gasteiger partial charge in [-0.05, 0) is 32.4 Å². The third-order valence-electron chi connectivity index (χ3n) is 2.75. The first-order chi connectivity index (χ1) is 9.92. The number of rotatable bonds is 7. The van der Waals surface area contributed by atoms with Crippen LogP contribution in [0.1, 0.15) is 37.6 Å². The molecule has 1 aromatic carbocycles. The third kappa shape index (κ3) is 4.01. The topological polar surface area (TPSA) is 95.7 Å². The van der Waals surface area contributed by atoms with Crippen molar-refractivity contribution >= 4 is 17.4 Å². The van der Waals surface area contributed by atoms with E-state index in [2.05, 4.69) is 0 Å². The molecular weight excluding hydrogens is 278 g/mol. The summed E-state index contributed by atoms with van der Waals surface area (Å²) in [6.45, 7) is 4.77. The number of carbonyl (C=O) groups excluding carboxylic acids is 2. The number of ketones is 1. The summed E-state index contributed by atoms with van der Waals surface area (Å²) in [4.78, 5) is 33.6. The van der Waals surface area contributed by atoms with Crippen LogP contribution in [0.15, 0.2) is 18.2 Å². The molecule has 0 saturated carbocycles. The molecule has 0 bridgehead atoms. The molecule has 0 aliphatic heterocycles. The van der Waals surface area contributed by atoms with Crippen LogP contribution in [0.25, 0.3) is 0 Å². The zero-order chi connectivity index (χ0) is 16.0. The fourth-order valence-corrected chi connectivity index (χ4v) is 1.78. The number of nitro groups is 1.